The van der Waals surface area contributed by atoms with Crippen LogP contribution in [0.1, 0.15) is 25.5 Å². The maximum absolute atomic E-state index is 12.5. The first-order valence-corrected chi connectivity index (χ1v) is 7.05. The Morgan fingerprint density at radius 1 is 1.38 bits per heavy atom. The van der Waals surface area contributed by atoms with E-state index in [0.29, 0.717) is 31.8 Å². The summed E-state index contributed by atoms with van der Waals surface area (Å²) in [5, 5.41) is 0. The van der Waals surface area contributed by atoms with Gasteiger partial charge in [-0.3, -0.25) is 4.90 Å². The number of para-hydroxylation sites is 1. The highest BCUT2D eigenvalue weighted by atomic mass is 19.3. The molecule has 1 saturated heterocycles. The number of nitrogens with two attached hydrogens (primary N) is 1. The van der Waals surface area contributed by atoms with Gasteiger partial charge in [0.2, 0.25) is 0 Å². The third kappa shape index (κ3) is 4.12. The van der Waals surface area contributed by atoms with E-state index in [0.717, 1.165) is 0 Å². The average Bonchev–Trinajstić information content (AvgIpc) is 2.40. The molecule has 118 valence electrons. The van der Waals surface area contributed by atoms with Crippen molar-refractivity contribution in [2.45, 2.75) is 32.1 Å². The predicted octanol–water partition coefficient (Wildman–Crippen LogP) is 2.40. The van der Waals surface area contributed by atoms with Gasteiger partial charge in [-0.1, -0.05) is 18.2 Å². The second kappa shape index (κ2) is 6.68. The summed E-state index contributed by atoms with van der Waals surface area (Å²) in [7, 11) is 0. The summed E-state index contributed by atoms with van der Waals surface area (Å²) in [6, 6.07) is 6.66. The fourth-order valence-corrected chi connectivity index (χ4v) is 2.75. The summed E-state index contributed by atoms with van der Waals surface area (Å²) in [4.78, 5) is 2.16. The van der Waals surface area contributed by atoms with E-state index in [1.54, 1.807) is 18.2 Å². The molecule has 1 aliphatic heterocycles. The Morgan fingerprint density at radius 2 is 2.10 bits per heavy atom. The van der Waals surface area contributed by atoms with Crippen LogP contribution in [0.4, 0.5) is 8.78 Å². The van der Waals surface area contributed by atoms with Crippen LogP contribution in [-0.4, -0.2) is 43.4 Å². The Morgan fingerprint density at radius 3 is 2.71 bits per heavy atom. The van der Waals surface area contributed by atoms with Crippen LogP contribution in [0.15, 0.2) is 24.3 Å². The Balaban J connectivity index is 2.25. The number of morpholine rings is 1. The lowest BCUT2D eigenvalue weighted by molar-refractivity contribution is -0.0978. The molecule has 1 aromatic carbocycles. The van der Waals surface area contributed by atoms with Crippen molar-refractivity contribution in [3.8, 4) is 5.75 Å². The van der Waals surface area contributed by atoms with Crippen LogP contribution in [-0.2, 0) is 4.74 Å². The van der Waals surface area contributed by atoms with Crippen molar-refractivity contribution >= 4 is 0 Å². The monoisotopic (exact) mass is 300 g/mol. The highest BCUT2D eigenvalue weighted by Crippen LogP contribution is 2.32. The summed E-state index contributed by atoms with van der Waals surface area (Å²) in [5.74, 6) is 0.187. The van der Waals surface area contributed by atoms with E-state index >= 15 is 0 Å². The van der Waals surface area contributed by atoms with E-state index in [1.165, 1.54) is 0 Å². The molecule has 1 unspecified atom stereocenters. The topological polar surface area (TPSA) is 47.7 Å². The van der Waals surface area contributed by atoms with Crippen molar-refractivity contribution in [2.75, 3.05) is 26.2 Å². The minimum Gasteiger partial charge on any atom is -0.434 e. The molecule has 4 nitrogen and oxygen atoms in total. The number of rotatable bonds is 5. The van der Waals surface area contributed by atoms with E-state index in [-0.39, 0.29) is 17.4 Å². The number of nitrogens with zero attached hydrogens (tertiary/aromatic N) is 1. The summed E-state index contributed by atoms with van der Waals surface area (Å²) in [6.45, 7) is 3.52. The van der Waals surface area contributed by atoms with Gasteiger partial charge in [-0.25, -0.2) is 0 Å². The average molecular weight is 300 g/mol. The number of benzene rings is 1. The number of hydrogen-bond donors (Lipinski definition) is 1. The zero-order chi connectivity index (χ0) is 15.5. The van der Waals surface area contributed by atoms with Gasteiger partial charge in [0, 0.05) is 25.2 Å². The first kappa shape index (κ1) is 16.1. The number of halogens is 2. The lowest BCUT2D eigenvalue weighted by Crippen LogP contribution is -2.50. The van der Waals surface area contributed by atoms with E-state index in [2.05, 4.69) is 9.64 Å². The van der Waals surface area contributed by atoms with Crippen molar-refractivity contribution in [3.63, 3.8) is 0 Å². The smallest absolute Gasteiger partial charge is 0.387 e. The van der Waals surface area contributed by atoms with E-state index in [9.17, 15) is 8.78 Å². The van der Waals surface area contributed by atoms with Crippen LogP contribution >= 0.6 is 0 Å². The third-order valence-corrected chi connectivity index (χ3v) is 3.61. The standard InChI is InChI=1S/C15H22F2N2O2/c1-15(2)10-19(7-8-20-15)12(9-18)11-5-3-4-6-13(11)21-14(16)17/h3-6,12,14H,7-10,18H2,1-2H3. The first-order valence-electron chi connectivity index (χ1n) is 7.05. The maximum Gasteiger partial charge on any atom is 0.387 e. The van der Waals surface area contributed by atoms with E-state index < -0.39 is 6.61 Å². The second-order valence-electron chi connectivity index (χ2n) is 5.75. The number of ether oxygens (including phenoxy) is 2. The van der Waals surface area contributed by atoms with Crippen molar-refractivity contribution < 1.29 is 18.3 Å². The van der Waals surface area contributed by atoms with Crippen LogP contribution in [0.5, 0.6) is 5.75 Å². The molecule has 2 N–H and O–H groups in total. The first-order chi connectivity index (χ1) is 9.93. The van der Waals surface area contributed by atoms with Crippen LogP contribution < -0.4 is 10.5 Å². The fourth-order valence-electron chi connectivity index (χ4n) is 2.75. The third-order valence-electron chi connectivity index (χ3n) is 3.61. The van der Waals surface area contributed by atoms with Crippen LogP contribution in [0.25, 0.3) is 0 Å². The molecule has 1 heterocycles. The quantitative estimate of drug-likeness (QED) is 0.907. The van der Waals surface area contributed by atoms with Gasteiger partial charge in [0.1, 0.15) is 5.75 Å². The molecule has 0 saturated carbocycles. The molecule has 0 amide bonds. The second-order valence-corrected chi connectivity index (χ2v) is 5.75. The lowest BCUT2D eigenvalue weighted by atomic mass is 10.00. The molecule has 1 fully saturated rings. The van der Waals surface area contributed by atoms with Gasteiger partial charge in [-0.15, -0.1) is 0 Å². The summed E-state index contributed by atoms with van der Waals surface area (Å²) in [5.41, 5.74) is 6.32. The molecular weight excluding hydrogens is 278 g/mol. The van der Waals surface area contributed by atoms with Gasteiger partial charge in [0.05, 0.1) is 18.2 Å². The molecule has 0 bridgehead atoms. The molecular formula is C15H22F2N2O2. The normalized spacial score (nSPS) is 20.5. The van der Waals surface area contributed by atoms with Gasteiger partial charge < -0.3 is 15.2 Å². The molecule has 6 heteroatoms. The molecule has 21 heavy (non-hydrogen) atoms. The SMILES string of the molecule is CC1(C)CN(C(CN)c2ccccc2OC(F)F)CCO1. The highest BCUT2D eigenvalue weighted by molar-refractivity contribution is 5.36. The summed E-state index contributed by atoms with van der Waals surface area (Å²) in [6.07, 6.45) is 0. The van der Waals surface area contributed by atoms with Crippen LogP contribution in [0.2, 0.25) is 0 Å². The Kier molecular flexibility index (Phi) is 5.13. The van der Waals surface area contributed by atoms with Gasteiger partial charge in [0.25, 0.3) is 0 Å². The fraction of sp³-hybridized carbons (Fsp3) is 0.600. The summed E-state index contributed by atoms with van der Waals surface area (Å²) < 4.78 is 35.4. The van der Waals surface area contributed by atoms with Crippen molar-refractivity contribution in [3.05, 3.63) is 29.8 Å². The van der Waals surface area contributed by atoms with Gasteiger partial charge in [0.15, 0.2) is 0 Å². The van der Waals surface area contributed by atoms with Crippen molar-refractivity contribution in [1.29, 1.82) is 0 Å². The minimum atomic E-state index is -2.84. The zero-order valence-corrected chi connectivity index (χ0v) is 12.4. The number of alkyl halides is 2. The van der Waals surface area contributed by atoms with Gasteiger partial charge in [-0.05, 0) is 19.9 Å². The van der Waals surface area contributed by atoms with E-state index in [1.807, 2.05) is 19.9 Å². The Labute approximate surface area is 123 Å². The molecule has 1 aromatic rings. The molecule has 0 aliphatic carbocycles. The highest BCUT2D eigenvalue weighted by Gasteiger charge is 2.32. The van der Waals surface area contributed by atoms with Crippen molar-refractivity contribution in [1.82, 2.24) is 4.90 Å². The molecule has 0 spiro atoms. The van der Waals surface area contributed by atoms with Crippen LogP contribution in [0, 0.1) is 0 Å². The minimum absolute atomic E-state index is 0.164. The predicted molar refractivity (Wildman–Crippen MR) is 76.5 cm³/mol. The largest absolute Gasteiger partial charge is 0.434 e. The Hall–Kier alpha value is -1.24. The van der Waals surface area contributed by atoms with Crippen LogP contribution in [0.3, 0.4) is 0 Å². The van der Waals surface area contributed by atoms with E-state index in [4.69, 9.17) is 10.5 Å². The number of hydrogen-bond acceptors (Lipinski definition) is 4. The summed E-state index contributed by atoms with van der Waals surface area (Å²) >= 11 is 0. The molecule has 0 radical (unpaired) electrons. The molecule has 0 aromatic heterocycles. The maximum atomic E-state index is 12.5. The Bertz CT molecular complexity index is 469. The zero-order valence-electron chi connectivity index (χ0n) is 12.4. The lowest BCUT2D eigenvalue weighted by Gasteiger charge is -2.42. The van der Waals surface area contributed by atoms with Crippen molar-refractivity contribution in [2.24, 2.45) is 5.73 Å². The molecule has 1 atom stereocenters. The van der Waals surface area contributed by atoms with Gasteiger partial charge in [-0.2, -0.15) is 8.78 Å². The molecule has 2 rings (SSSR count). The van der Waals surface area contributed by atoms with Gasteiger partial charge >= 0.3 is 6.61 Å². The molecule has 1 aliphatic rings.